The number of halogens is 3. The van der Waals surface area contributed by atoms with Crippen LogP contribution in [0, 0.1) is 0 Å². The monoisotopic (exact) mass is 691 g/mol. The van der Waals surface area contributed by atoms with Crippen LogP contribution in [0.5, 0.6) is 0 Å². The molecule has 138 valence electrons. The molecule has 1 aromatic carbocycles. The molecule has 26 heavy (non-hydrogen) atoms. The van der Waals surface area contributed by atoms with Crippen molar-refractivity contribution in [3.8, 4) is 0 Å². The third kappa shape index (κ3) is 4.58. The van der Waals surface area contributed by atoms with E-state index in [0.29, 0.717) is 0 Å². The van der Waals surface area contributed by atoms with Gasteiger partial charge in [0, 0.05) is 0 Å². The summed E-state index contributed by atoms with van der Waals surface area (Å²) in [6, 6.07) is 7.63. The number of rotatable bonds is 7. The van der Waals surface area contributed by atoms with Crippen LogP contribution in [0.3, 0.4) is 0 Å². The van der Waals surface area contributed by atoms with Crippen LogP contribution in [-0.4, -0.2) is 13.7 Å². The molecule has 0 unspecified atom stereocenters. The lowest BCUT2D eigenvalue weighted by Crippen LogP contribution is -2.54. The molecule has 0 aliphatic carbocycles. The highest BCUT2D eigenvalue weighted by atomic mass is 127. The number of hydrogen-bond acceptors (Lipinski definition) is 3. The highest BCUT2D eigenvalue weighted by Crippen LogP contribution is 2.47. The van der Waals surface area contributed by atoms with E-state index >= 15 is 0 Å². The van der Waals surface area contributed by atoms with Crippen molar-refractivity contribution in [2.45, 2.75) is 19.1 Å². The highest BCUT2D eigenvalue weighted by Gasteiger charge is 2.24. The normalized spacial score (nSPS) is 11.3. The first kappa shape index (κ1) is 21.6. The SMILES string of the molecule is C=CCn1c(=O)n(CC=C)c(=O)n(Cc2ccccc2C(I)(I)I)c1=O. The maximum Gasteiger partial charge on any atom is 0.336 e. The van der Waals surface area contributed by atoms with Gasteiger partial charge in [-0.2, -0.15) is 0 Å². The van der Waals surface area contributed by atoms with Crippen molar-refractivity contribution in [1.82, 2.24) is 13.7 Å². The summed E-state index contributed by atoms with van der Waals surface area (Å²) >= 11 is 6.88. The number of hydrogen-bond donors (Lipinski definition) is 0. The molecule has 0 radical (unpaired) electrons. The second-order valence-corrected chi connectivity index (χ2v) is 16.4. The number of aromatic nitrogens is 3. The number of benzene rings is 1. The van der Waals surface area contributed by atoms with Gasteiger partial charge in [0.15, 0.2) is 0 Å². The van der Waals surface area contributed by atoms with Crippen LogP contribution in [0.1, 0.15) is 11.1 Å². The lowest BCUT2D eigenvalue weighted by molar-refractivity contribution is 0.498. The largest absolute Gasteiger partial charge is 0.336 e. The molecule has 0 aliphatic heterocycles. The summed E-state index contributed by atoms with van der Waals surface area (Å²) < 4.78 is 2.87. The Bertz CT molecular complexity index is 965. The van der Waals surface area contributed by atoms with Crippen LogP contribution in [0.15, 0.2) is 64.0 Å². The zero-order valence-electron chi connectivity index (χ0n) is 13.7. The molecule has 1 heterocycles. The summed E-state index contributed by atoms with van der Waals surface area (Å²) in [6.45, 7) is 7.30. The van der Waals surface area contributed by atoms with Gasteiger partial charge >= 0.3 is 17.1 Å². The molecule has 1 aromatic heterocycles. The Morgan fingerprint density at radius 2 is 1.31 bits per heavy atom. The Morgan fingerprint density at radius 3 is 1.77 bits per heavy atom. The molecular weight excluding hydrogens is 675 g/mol. The van der Waals surface area contributed by atoms with Crippen LogP contribution in [0.2, 0.25) is 0 Å². The lowest BCUT2D eigenvalue weighted by atomic mass is 10.1. The molecule has 0 amide bonds. The first-order valence-corrected chi connectivity index (χ1v) is 10.8. The average molecular weight is 691 g/mol. The topological polar surface area (TPSA) is 66.0 Å². The standard InChI is InChI=1S/C17H16I3N3O3/c1-3-9-21-14(24)22(10-4-2)16(26)23(15(21)25)11-12-7-5-6-8-13(12)17(18,19)20/h3-8H,1-2,9-11H2. The third-order valence-corrected chi connectivity index (χ3v) is 5.40. The molecule has 0 bridgehead atoms. The van der Waals surface area contributed by atoms with Gasteiger partial charge < -0.3 is 0 Å². The van der Waals surface area contributed by atoms with E-state index in [0.717, 1.165) is 24.8 Å². The molecule has 0 saturated heterocycles. The molecule has 6 nitrogen and oxygen atoms in total. The van der Waals surface area contributed by atoms with Gasteiger partial charge in [0.25, 0.3) is 0 Å². The average Bonchev–Trinajstić information content (AvgIpc) is 2.59. The summed E-state index contributed by atoms with van der Waals surface area (Å²) in [6.07, 6.45) is 2.91. The van der Waals surface area contributed by atoms with Gasteiger partial charge in [0.2, 0.25) is 0 Å². The van der Waals surface area contributed by atoms with E-state index in [9.17, 15) is 14.4 Å². The fourth-order valence-corrected chi connectivity index (χ4v) is 4.07. The Morgan fingerprint density at radius 1 is 0.846 bits per heavy atom. The van der Waals surface area contributed by atoms with E-state index in [1.807, 2.05) is 24.3 Å². The quantitative estimate of drug-likeness (QED) is 0.255. The molecule has 9 heteroatoms. The van der Waals surface area contributed by atoms with Crippen LogP contribution >= 0.6 is 67.8 Å². The Kier molecular flexibility index (Phi) is 7.47. The predicted molar refractivity (Wildman–Crippen MR) is 129 cm³/mol. The van der Waals surface area contributed by atoms with Crippen molar-refractivity contribution in [3.63, 3.8) is 0 Å². The van der Waals surface area contributed by atoms with Gasteiger partial charge in [-0.1, -0.05) is 36.4 Å². The van der Waals surface area contributed by atoms with Gasteiger partial charge in [-0.3, -0.25) is 0 Å². The van der Waals surface area contributed by atoms with Gasteiger partial charge in [-0.15, -0.1) is 13.2 Å². The fourth-order valence-electron chi connectivity index (χ4n) is 2.49. The molecule has 0 atom stereocenters. The Balaban J connectivity index is 2.74. The maximum atomic E-state index is 12.8. The smallest absolute Gasteiger partial charge is 0.247 e. The second kappa shape index (κ2) is 8.99. The van der Waals surface area contributed by atoms with Crippen molar-refractivity contribution < 1.29 is 0 Å². The van der Waals surface area contributed by atoms with E-state index in [1.165, 1.54) is 12.2 Å². The molecule has 0 N–H and O–H groups in total. The van der Waals surface area contributed by atoms with E-state index in [-0.39, 0.29) is 19.1 Å². The lowest BCUT2D eigenvalue weighted by Gasteiger charge is -2.19. The summed E-state index contributed by atoms with van der Waals surface area (Å²) in [5, 5.41) is 0. The summed E-state index contributed by atoms with van der Waals surface area (Å²) in [5.41, 5.74) is -0.0916. The maximum absolute atomic E-state index is 12.8. The third-order valence-electron chi connectivity index (χ3n) is 3.66. The van der Waals surface area contributed by atoms with E-state index in [2.05, 4.69) is 80.9 Å². The zero-order chi connectivity index (χ0) is 19.5. The van der Waals surface area contributed by atoms with Crippen molar-refractivity contribution in [2.24, 2.45) is 0 Å². The van der Waals surface area contributed by atoms with Crippen LogP contribution < -0.4 is 17.1 Å². The van der Waals surface area contributed by atoms with Crippen LogP contribution in [0.25, 0.3) is 0 Å². The van der Waals surface area contributed by atoms with Crippen LogP contribution in [0.4, 0.5) is 0 Å². The molecule has 0 spiro atoms. The van der Waals surface area contributed by atoms with Gasteiger partial charge in [0.05, 0.1) is 19.6 Å². The van der Waals surface area contributed by atoms with E-state index in [4.69, 9.17) is 0 Å². The first-order chi connectivity index (χ1) is 12.2. The van der Waals surface area contributed by atoms with Crippen molar-refractivity contribution in [3.05, 3.63) is 92.2 Å². The molecule has 2 rings (SSSR count). The van der Waals surface area contributed by atoms with Crippen molar-refractivity contribution in [2.75, 3.05) is 0 Å². The number of alkyl halides is 3. The molecule has 0 fully saturated rings. The molecule has 0 saturated carbocycles. The van der Waals surface area contributed by atoms with E-state index in [1.54, 1.807) is 0 Å². The minimum Gasteiger partial charge on any atom is -0.247 e. The number of allylic oxidation sites excluding steroid dienone is 2. The summed E-state index contributed by atoms with van der Waals surface area (Å²) in [5.74, 6) is 0. The number of nitrogens with zero attached hydrogens (tertiary/aromatic N) is 3. The van der Waals surface area contributed by atoms with Crippen molar-refractivity contribution >= 4 is 67.8 Å². The predicted octanol–water partition coefficient (Wildman–Crippen LogP) is 3.01. The highest BCUT2D eigenvalue weighted by molar-refractivity contribution is 14.3. The minimum absolute atomic E-state index is 0.0333. The second-order valence-electron chi connectivity index (χ2n) is 5.39. The van der Waals surface area contributed by atoms with Crippen LogP contribution in [-0.2, 0) is 19.1 Å². The molecule has 0 aliphatic rings. The summed E-state index contributed by atoms with van der Waals surface area (Å²) in [4.78, 5) is 37.9. The molecule has 2 aromatic rings. The molecular formula is C17H16I3N3O3. The van der Waals surface area contributed by atoms with Gasteiger partial charge in [-0.25, -0.2) is 28.1 Å². The van der Waals surface area contributed by atoms with Gasteiger partial charge in [-0.05, 0) is 78.9 Å². The fraction of sp³-hybridized carbons (Fsp3) is 0.235. The van der Waals surface area contributed by atoms with Crippen molar-refractivity contribution in [1.29, 1.82) is 0 Å². The van der Waals surface area contributed by atoms with Gasteiger partial charge in [0.1, 0.15) is -0.565 Å². The zero-order valence-corrected chi connectivity index (χ0v) is 20.2. The minimum atomic E-state index is -0.657. The Labute approximate surface area is 191 Å². The van der Waals surface area contributed by atoms with E-state index < -0.39 is 17.1 Å². The summed E-state index contributed by atoms with van der Waals surface area (Å²) in [7, 11) is 0. The Hall–Kier alpha value is -0.700. The first-order valence-electron chi connectivity index (χ1n) is 7.53.